The summed E-state index contributed by atoms with van der Waals surface area (Å²) in [5, 5.41) is 6.88. The summed E-state index contributed by atoms with van der Waals surface area (Å²) in [7, 11) is 0. The van der Waals surface area contributed by atoms with Gasteiger partial charge < -0.3 is 11.1 Å². The van der Waals surface area contributed by atoms with Gasteiger partial charge in [0, 0.05) is 11.8 Å². The molecular weight excluding hydrogens is 304 g/mol. The molecule has 0 fully saturated rings. The molecule has 3 aromatic rings. The Morgan fingerprint density at radius 3 is 2.58 bits per heavy atom. The van der Waals surface area contributed by atoms with Gasteiger partial charge in [0.1, 0.15) is 0 Å². The van der Waals surface area contributed by atoms with Gasteiger partial charge in [0.25, 0.3) is 5.91 Å². The Morgan fingerprint density at radius 2 is 1.92 bits per heavy atom. The van der Waals surface area contributed by atoms with Crippen LogP contribution in [0.1, 0.15) is 26.3 Å². The number of rotatable bonds is 5. The number of carbonyl (C=O) groups is 2. The van der Waals surface area contributed by atoms with Crippen molar-refractivity contribution in [2.24, 2.45) is 0 Å². The van der Waals surface area contributed by atoms with Crippen LogP contribution in [-0.2, 0) is 6.54 Å². The summed E-state index contributed by atoms with van der Waals surface area (Å²) >= 11 is 0. The maximum absolute atomic E-state index is 12.3. The second-order valence-corrected chi connectivity index (χ2v) is 5.33. The minimum atomic E-state index is -0.221. The van der Waals surface area contributed by atoms with E-state index in [1.807, 2.05) is 24.3 Å². The summed E-state index contributed by atoms with van der Waals surface area (Å²) in [5.74, 6) is -0.221. The van der Waals surface area contributed by atoms with E-state index in [9.17, 15) is 9.59 Å². The third-order valence-corrected chi connectivity index (χ3v) is 3.56. The van der Waals surface area contributed by atoms with Crippen molar-refractivity contribution in [3.8, 4) is 0 Å². The van der Waals surface area contributed by atoms with Crippen molar-refractivity contribution in [2.75, 3.05) is 11.1 Å². The highest BCUT2D eigenvalue weighted by molar-refractivity contribution is 6.05. The molecular formula is C18H16N4O2. The smallest absolute Gasteiger partial charge is 0.255 e. The molecule has 0 unspecified atom stereocenters. The molecule has 1 amide bonds. The van der Waals surface area contributed by atoms with Crippen LogP contribution < -0.4 is 11.1 Å². The molecule has 3 N–H and O–H groups in total. The third kappa shape index (κ3) is 3.49. The summed E-state index contributed by atoms with van der Waals surface area (Å²) in [6.45, 7) is 0.529. The monoisotopic (exact) mass is 320 g/mol. The number of aromatic nitrogens is 2. The second-order valence-electron chi connectivity index (χ2n) is 5.33. The van der Waals surface area contributed by atoms with E-state index in [1.54, 1.807) is 35.1 Å². The lowest BCUT2D eigenvalue weighted by molar-refractivity contribution is 0.102. The standard InChI is InChI=1S/C18H16N4O2/c19-16-3-1-2-4-17(16)21-18(24)15-7-5-13(6-8-15)10-22-11-14(12-23)9-20-22/h1-9,11-12H,10,19H2,(H,21,24). The van der Waals surface area contributed by atoms with Gasteiger partial charge in [-0.1, -0.05) is 24.3 Å². The lowest BCUT2D eigenvalue weighted by Crippen LogP contribution is -2.13. The molecule has 0 saturated heterocycles. The predicted octanol–water partition coefficient (Wildman–Crippen LogP) is 2.58. The van der Waals surface area contributed by atoms with Crippen LogP contribution in [0.15, 0.2) is 60.9 Å². The van der Waals surface area contributed by atoms with E-state index in [1.165, 1.54) is 6.20 Å². The highest BCUT2D eigenvalue weighted by Gasteiger charge is 2.08. The van der Waals surface area contributed by atoms with Gasteiger partial charge in [-0.3, -0.25) is 14.3 Å². The number of nitrogens with two attached hydrogens (primary N) is 1. The number of benzene rings is 2. The van der Waals surface area contributed by atoms with Crippen molar-refractivity contribution in [2.45, 2.75) is 6.54 Å². The molecule has 1 heterocycles. The van der Waals surface area contributed by atoms with Crippen LogP contribution >= 0.6 is 0 Å². The van der Waals surface area contributed by atoms with Crippen molar-refractivity contribution < 1.29 is 9.59 Å². The van der Waals surface area contributed by atoms with E-state index < -0.39 is 0 Å². The van der Waals surface area contributed by atoms with Gasteiger partial charge in [-0.15, -0.1) is 0 Å². The molecule has 24 heavy (non-hydrogen) atoms. The van der Waals surface area contributed by atoms with E-state index >= 15 is 0 Å². The van der Waals surface area contributed by atoms with Crippen LogP contribution in [0, 0.1) is 0 Å². The maximum atomic E-state index is 12.3. The summed E-state index contributed by atoms with van der Waals surface area (Å²) in [6.07, 6.45) is 3.94. The van der Waals surface area contributed by atoms with Gasteiger partial charge in [0.15, 0.2) is 6.29 Å². The molecule has 0 bridgehead atoms. The fraction of sp³-hybridized carbons (Fsp3) is 0.0556. The maximum Gasteiger partial charge on any atom is 0.255 e. The summed E-state index contributed by atoms with van der Waals surface area (Å²) < 4.78 is 1.67. The van der Waals surface area contributed by atoms with Gasteiger partial charge >= 0.3 is 0 Å². The minimum absolute atomic E-state index is 0.221. The average molecular weight is 320 g/mol. The minimum Gasteiger partial charge on any atom is -0.397 e. The molecule has 120 valence electrons. The Morgan fingerprint density at radius 1 is 1.17 bits per heavy atom. The van der Waals surface area contributed by atoms with Gasteiger partial charge in [0.2, 0.25) is 0 Å². The molecule has 0 radical (unpaired) electrons. The van der Waals surface area contributed by atoms with Crippen LogP contribution in [0.3, 0.4) is 0 Å². The van der Waals surface area contributed by atoms with Gasteiger partial charge in [-0.25, -0.2) is 0 Å². The number of hydrogen-bond acceptors (Lipinski definition) is 4. The van der Waals surface area contributed by atoms with Gasteiger partial charge in [-0.2, -0.15) is 5.10 Å². The third-order valence-electron chi connectivity index (χ3n) is 3.56. The first-order valence-electron chi connectivity index (χ1n) is 7.38. The number of para-hydroxylation sites is 2. The van der Waals surface area contributed by atoms with Gasteiger partial charge in [0.05, 0.1) is 29.7 Å². The van der Waals surface area contributed by atoms with Crippen LogP contribution in [-0.4, -0.2) is 22.0 Å². The molecule has 0 aliphatic carbocycles. The fourth-order valence-corrected chi connectivity index (χ4v) is 2.28. The molecule has 0 spiro atoms. The summed E-state index contributed by atoms with van der Waals surface area (Å²) in [4.78, 5) is 22.9. The summed E-state index contributed by atoms with van der Waals surface area (Å²) in [6, 6.07) is 14.3. The summed E-state index contributed by atoms with van der Waals surface area (Å²) in [5.41, 5.74) is 8.98. The molecule has 6 nitrogen and oxygen atoms in total. The van der Waals surface area contributed by atoms with Gasteiger partial charge in [-0.05, 0) is 29.8 Å². The zero-order valence-corrected chi connectivity index (χ0v) is 12.8. The van der Waals surface area contributed by atoms with E-state index in [2.05, 4.69) is 10.4 Å². The lowest BCUT2D eigenvalue weighted by Gasteiger charge is -2.08. The number of nitrogen functional groups attached to an aromatic ring is 1. The Bertz CT molecular complexity index is 869. The number of carbonyl (C=O) groups excluding carboxylic acids is 2. The number of hydrogen-bond donors (Lipinski definition) is 2. The lowest BCUT2D eigenvalue weighted by atomic mass is 10.1. The average Bonchev–Trinajstić information content (AvgIpc) is 3.05. The molecule has 0 atom stereocenters. The topological polar surface area (TPSA) is 90.0 Å². The van der Waals surface area contributed by atoms with Crippen LogP contribution in [0.2, 0.25) is 0 Å². The first-order valence-corrected chi connectivity index (χ1v) is 7.38. The SMILES string of the molecule is Nc1ccccc1NC(=O)c1ccc(Cn2cc(C=O)cn2)cc1. The quantitative estimate of drug-likeness (QED) is 0.558. The van der Waals surface area contributed by atoms with Crippen LogP contribution in [0.5, 0.6) is 0 Å². The molecule has 1 aromatic heterocycles. The van der Waals surface area contributed by atoms with E-state index in [4.69, 9.17) is 5.73 Å². The number of aldehydes is 1. The van der Waals surface area contributed by atoms with Crippen LogP contribution in [0.25, 0.3) is 0 Å². The van der Waals surface area contributed by atoms with Crippen molar-refractivity contribution in [3.63, 3.8) is 0 Å². The van der Waals surface area contributed by atoms with Crippen molar-refractivity contribution in [1.29, 1.82) is 0 Å². The Hall–Kier alpha value is -3.41. The van der Waals surface area contributed by atoms with Crippen molar-refractivity contribution in [1.82, 2.24) is 9.78 Å². The Kier molecular flexibility index (Phi) is 4.38. The van der Waals surface area contributed by atoms with E-state index in [-0.39, 0.29) is 5.91 Å². The van der Waals surface area contributed by atoms with Crippen molar-refractivity contribution >= 4 is 23.6 Å². The zero-order valence-electron chi connectivity index (χ0n) is 12.8. The van der Waals surface area contributed by atoms with E-state index in [0.717, 1.165) is 11.8 Å². The molecule has 0 saturated carbocycles. The highest BCUT2D eigenvalue weighted by Crippen LogP contribution is 2.18. The molecule has 0 aliphatic heterocycles. The zero-order chi connectivity index (χ0) is 16.9. The Balaban J connectivity index is 1.68. The molecule has 6 heteroatoms. The number of anilines is 2. The fourth-order valence-electron chi connectivity index (χ4n) is 2.28. The number of nitrogens with one attached hydrogen (secondary N) is 1. The normalized spacial score (nSPS) is 10.3. The first-order chi connectivity index (χ1) is 11.7. The number of amides is 1. The molecule has 0 aliphatic rings. The highest BCUT2D eigenvalue weighted by atomic mass is 16.1. The van der Waals surface area contributed by atoms with E-state index in [0.29, 0.717) is 29.0 Å². The second kappa shape index (κ2) is 6.78. The predicted molar refractivity (Wildman–Crippen MR) is 92.0 cm³/mol. The molecule has 2 aromatic carbocycles. The molecule has 3 rings (SSSR count). The number of nitrogens with zero attached hydrogens (tertiary/aromatic N) is 2. The Labute approximate surface area is 138 Å². The van der Waals surface area contributed by atoms with Crippen LogP contribution in [0.4, 0.5) is 11.4 Å². The van der Waals surface area contributed by atoms with Crippen molar-refractivity contribution in [3.05, 3.63) is 77.6 Å². The first kappa shape index (κ1) is 15.5. The largest absolute Gasteiger partial charge is 0.397 e.